The highest BCUT2D eigenvalue weighted by Gasteiger charge is 2.21. The maximum Gasteiger partial charge on any atom is 0.134 e. The highest BCUT2D eigenvalue weighted by Crippen LogP contribution is 2.22. The van der Waals surface area contributed by atoms with E-state index in [1.54, 1.807) is 6.07 Å². The Balaban J connectivity index is 3.01. The Bertz CT molecular complexity index is 306. The Morgan fingerprint density at radius 1 is 1.36 bits per heavy atom. The summed E-state index contributed by atoms with van der Waals surface area (Å²) in [5, 5.41) is 0.484. The van der Waals surface area contributed by atoms with Crippen molar-refractivity contribution in [1.82, 2.24) is 9.97 Å². The Morgan fingerprint density at radius 3 is 2.43 bits per heavy atom. The molecular formula is C10H16ClN3. The van der Waals surface area contributed by atoms with Crippen LogP contribution in [0.1, 0.15) is 27.7 Å². The summed E-state index contributed by atoms with van der Waals surface area (Å²) in [4.78, 5) is 10.3. The quantitative estimate of drug-likeness (QED) is 0.708. The van der Waals surface area contributed by atoms with Crippen molar-refractivity contribution in [3.05, 3.63) is 17.5 Å². The molecule has 0 amide bonds. The summed E-state index contributed by atoms with van der Waals surface area (Å²) in [6, 6.07) is 1.79. The van der Waals surface area contributed by atoms with E-state index >= 15 is 0 Å². The van der Waals surface area contributed by atoms with E-state index in [0.29, 0.717) is 5.15 Å². The molecule has 0 aromatic carbocycles. The third-order valence-electron chi connectivity index (χ3n) is 2.02. The number of anilines is 1. The first-order valence-corrected chi connectivity index (χ1v) is 5.08. The summed E-state index contributed by atoms with van der Waals surface area (Å²) in [6.45, 7) is 9.43. The van der Waals surface area contributed by atoms with Gasteiger partial charge in [0.2, 0.25) is 0 Å². The molecule has 0 spiro atoms. The average Bonchev–Trinajstić information content (AvgIpc) is 2.02. The van der Waals surface area contributed by atoms with Crippen molar-refractivity contribution in [3.63, 3.8) is 0 Å². The molecule has 0 saturated carbocycles. The van der Waals surface area contributed by atoms with Crippen LogP contribution in [-0.4, -0.2) is 22.1 Å². The van der Waals surface area contributed by atoms with Gasteiger partial charge in [-0.1, -0.05) is 11.6 Å². The largest absolute Gasteiger partial charge is 0.352 e. The van der Waals surface area contributed by atoms with Gasteiger partial charge in [-0.15, -0.1) is 0 Å². The van der Waals surface area contributed by atoms with Gasteiger partial charge in [-0.05, 0) is 27.7 Å². The predicted octanol–water partition coefficient (Wildman–Crippen LogP) is 2.75. The Hall–Kier alpha value is -0.830. The smallest absolute Gasteiger partial charge is 0.134 e. The van der Waals surface area contributed by atoms with E-state index in [0.717, 1.165) is 12.4 Å². The zero-order valence-electron chi connectivity index (χ0n) is 9.08. The normalized spacial score (nSPS) is 11.5. The maximum absolute atomic E-state index is 5.82. The maximum atomic E-state index is 5.82. The van der Waals surface area contributed by atoms with Crippen molar-refractivity contribution >= 4 is 17.4 Å². The van der Waals surface area contributed by atoms with Crippen LogP contribution in [0.15, 0.2) is 12.4 Å². The average molecular weight is 214 g/mol. The fourth-order valence-corrected chi connectivity index (χ4v) is 1.59. The number of halogens is 1. The lowest BCUT2D eigenvalue weighted by Crippen LogP contribution is -2.41. The zero-order chi connectivity index (χ0) is 10.8. The summed E-state index contributed by atoms with van der Waals surface area (Å²) in [5.74, 6) is 0.875. The van der Waals surface area contributed by atoms with Gasteiger partial charge in [-0.3, -0.25) is 0 Å². The fourth-order valence-electron chi connectivity index (χ4n) is 1.45. The molecule has 0 aliphatic rings. The van der Waals surface area contributed by atoms with Crippen molar-refractivity contribution in [3.8, 4) is 0 Å². The van der Waals surface area contributed by atoms with Crippen LogP contribution in [-0.2, 0) is 0 Å². The van der Waals surface area contributed by atoms with Crippen LogP contribution in [0, 0.1) is 0 Å². The molecule has 78 valence electrons. The molecule has 0 aliphatic carbocycles. The van der Waals surface area contributed by atoms with E-state index in [9.17, 15) is 0 Å². The van der Waals surface area contributed by atoms with E-state index in [1.165, 1.54) is 6.33 Å². The van der Waals surface area contributed by atoms with Gasteiger partial charge in [0.25, 0.3) is 0 Å². The van der Waals surface area contributed by atoms with Crippen LogP contribution < -0.4 is 4.90 Å². The number of aromatic nitrogens is 2. The summed E-state index contributed by atoms with van der Waals surface area (Å²) in [6.07, 6.45) is 1.49. The third-order valence-corrected chi connectivity index (χ3v) is 2.23. The van der Waals surface area contributed by atoms with Gasteiger partial charge in [-0.25, -0.2) is 9.97 Å². The first-order valence-electron chi connectivity index (χ1n) is 4.70. The van der Waals surface area contributed by atoms with Crippen molar-refractivity contribution in [2.75, 3.05) is 11.4 Å². The molecule has 0 aliphatic heterocycles. The number of rotatable bonds is 2. The van der Waals surface area contributed by atoms with Crippen LogP contribution in [0.25, 0.3) is 0 Å². The molecule has 1 heterocycles. The second-order valence-corrected chi connectivity index (χ2v) is 4.50. The van der Waals surface area contributed by atoms with Crippen LogP contribution in [0.4, 0.5) is 5.82 Å². The molecule has 1 aromatic rings. The van der Waals surface area contributed by atoms with E-state index in [1.807, 2.05) is 0 Å². The first kappa shape index (κ1) is 11.2. The minimum atomic E-state index is 0.0480. The molecule has 0 fully saturated rings. The summed E-state index contributed by atoms with van der Waals surface area (Å²) >= 11 is 5.82. The van der Waals surface area contributed by atoms with Gasteiger partial charge < -0.3 is 4.90 Å². The molecular weight excluding hydrogens is 198 g/mol. The zero-order valence-corrected chi connectivity index (χ0v) is 9.84. The molecule has 1 aromatic heterocycles. The van der Waals surface area contributed by atoms with E-state index in [2.05, 4.69) is 42.6 Å². The molecule has 0 saturated heterocycles. The fraction of sp³-hybridized carbons (Fsp3) is 0.600. The van der Waals surface area contributed by atoms with Crippen molar-refractivity contribution in [2.24, 2.45) is 0 Å². The SMILES string of the molecule is CCN(c1cc(Cl)ncn1)C(C)(C)C. The van der Waals surface area contributed by atoms with Crippen LogP contribution >= 0.6 is 11.6 Å². The van der Waals surface area contributed by atoms with Crippen molar-refractivity contribution in [1.29, 1.82) is 0 Å². The van der Waals surface area contributed by atoms with Gasteiger partial charge in [0, 0.05) is 18.2 Å². The molecule has 0 bridgehead atoms. The second kappa shape index (κ2) is 4.13. The standard InChI is InChI=1S/C10H16ClN3/c1-5-14(10(2,3)4)9-6-8(11)12-7-13-9/h6-7H,5H2,1-4H3. The highest BCUT2D eigenvalue weighted by molar-refractivity contribution is 6.29. The lowest BCUT2D eigenvalue weighted by atomic mass is 10.1. The molecule has 14 heavy (non-hydrogen) atoms. The summed E-state index contributed by atoms with van der Waals surface area (Å²) in [7, 11) is 0. The van der Waals surface area contributed by atoms with Crippen LogP contribution in [0.2, 0.25) is 5.15 Å². The molecule has 0 atom stereocenters. The van der Waals surface area contributed by atoms with Gasteiger partial charge in [-0.2, -0.15) is 0 Å². The van der Waals surface area contributed by atoms with Gasteiger partial charge in [0.05, 0.1) is 0 Å². The Labute approximate surface area is 90.1 Å². The molecule has 0 radical (unpaired) electrons. The second-order valence-electron chi connectivity index (χ2n) is 4.11. The molecule has 3 nitrogen and oxygen atoms in total. The van der Waals surface area contributed by atoms with Crippen LogP contribution in [0.3, 0.4) is 0 Å². The number of nitrogens with zero attached hydrogens (tertiary/aromatic N) is 3. The van der Waals surface area contributed by atoms with Gasteiger partial charge >= 0.3 is 0 Å². The Morgan fingerprint density at radius 2 is 2.00 bits per heavy atom. The minimum absolute atomic E-state index is 0.0480. The van der Waals surface area contributed by atoms with Crippen molar-refractivity contribution in [2.45, 2.75) is 33.2 Å². The van der Waals surface area contributed by atoms with Crippen molar-refractivity contribution < 1.29 is 0 Å². The Kier molecular flexibility index (Phi) is 3.32. The lowest BCUT2D eigenvalue weighted by Gasteiger charge is -2.35. The summed E-state index contributed by atoms with van der Waals surface area (Å²) in [5.41, 5.74) is 0.0480. The van der Waals surface area contributed by atoms with E-state index in [4.69, 9.17) is 11.6 Å². The predicted molar refractivity (Wildman–Crippen MR) is 59.8 cm³/mol. The van der Waals surface area contributed by atoms with Crippen LogP contribution in [0.5, 0.6) is 0 Å². The minimum Gasteiger partial charge on any atom is -0.352 e. The van der Waals surface area contributed by atoms with E-state index < -0.39 is 0 Å². The number of hydrogen-bond acceptors (Lipinski definition) is 3. The highest BCUT2D eigenvalue weighted by atomic mass is 35.5. The molecule has 0 N–H and O–H groups in total. The molecule has 4 heteroatoms. The molecule has 1 rings (SSSR count). The molecule has 0 unspecified atom stereocenters. The van der Waals surface area contributed by atoms with Gasteiger partial charge in [0.15, 0.2) is 0 Å². The van der Waals surface area contributed by atoms with Gasteiger partial charge in [0.1, 0.15) is 17.3 Å². The number of hydrogen-bond donors (Lipinski definition) is 0. The summed E-state index contributed by atoms with van der Waals surface area (Å²) < 4.78 is 0. The monoisotopic (exact) mass is 213 g/mol. The van der Waals surface area contributed by atoms with E-state index in [-0.39, 0.29) is 5.54 Å². The topological polar surface area (TPSA) is 29.0 Å². The lowest BCUT2D eigenvalue weighted by molar-refractivity contribution is 0.508. The third kappa shape index (κ3) is 2.58. The first-order chi connectivity index (χ1) is 6.45.